The second kappa shape index (κ2) is 9.62. The summed E-state index contributed by atoms with van der Waals surface area (Å²) in [5.74, 6) is 1.78. The van der Waals surface area contributed by atoms with Gasteiger partial charge < -0.3 is 0 Å². The number of ketones is 1. The van der Waals surface area contributed by atoms with E-state index in [9.17, 15) is 4.79 Å². The molecule has 0 amide bonds. The smallest absolute Gasteiger partial charge is 0.133 e. The topological polar surface area (TPSA) is 17.1 Å². The van der Waals surface area contributed by atoms with Crippen LogP contribution < -0.4 is 0 Å². The van der Waals surface area contributed by atoms with Gasteiger partial charge in [-0.2, -0.15) is 0 Å². The van der Waals surface area contributed by atoms with Crippen LogP contribution in [0.5, 0.6) is 0 Å². The molecule has 0 aliphatic rings. The second-order valence-electron chi connectivity index (χ2n) is 5.35. The first kappa shape index (κ1) is 15.4. The van der Waals surface area contributed by atoms with E-state index in [0.29, 0.717) is 11.7 Å². The van der Waals surface area contributed by atoms with Crippen molar-refractivity contribution in [2.45, 2.75) is 65.7 Å². The highest BCUT2D eigenvalue weighted by atomic mass is 16.1. The lowest BCUT2D eigenvalue weighted by molar-refractivity contribution is -0.120. The van der Waals surface area contributed by atoms with Gasteiger partial charge >= 0.3 is 0 Å². The summed E-state index contributed by atoms with van der Waals surface area (Å²) in [6, 6.07) is 0. The number of hydrogen-bond acceptors (Lipinski definition) is 1. The van der Waals surface area contributed by atoms with Crippen molar-refractivity contribution in [2.75, 3.05) is 0 Å². The number of allylic oxidation sites excluding steroid dienone is 1. The third kappa shape index (κ3) is 9.95. The molecule has 1 nitrogen and oxygen atoms in total. The number of rotatable bonds is 10. The molecular weight excluding hydrogens is 196 g/mol. The van der Waals surface area contributed by atoms with Gasteiger partial charge in [0, 0.05) is 12.8 Å². The van der Waals surface area contributed by atoms with Gasteiger partial charge in [-0.1, -0.05) is 46.1 Å². The van der Waals surface area contributed by atoms with Gasteiger partial charge in [0.1, 0.15) is 5.78 Å². The largest absolute Gasteiger partial charge is 0.300 e. The molecule has 0 aromatic carbocycles. The zero-order chi connectivity index (χ0) is 12.4. The Bertz CT molecular complexity index is 194. The summed E-state index contributed by atoms with van der Waals surface area (Å²) in [6.45, 7) is 10.4. The summed E-state index contributed by atoms with van der Waals surface area (Å²) >= 11 is 0. The van der Waals surface area contributed by atoms with Crippen LogP contribution in [0.25, 0.3) is 0 Å². The number of unbranched alkanes of at least 4 members (excludes halogenated alkanes) is 1. The summed E-state index contributed by atoms with van der Waals surface area (Å²) in [7, 11) is 0. The Kier molecular flexibility index (Phi) is 9.27. The van der Waals surface area contributed by atoms with Crippen LogP contribution in [-0.2, 0) is 4.79 Å². The molecule has 0 saturated heterocycles. The van der Waals surface area contributed by atoms with Gasteiger partial charge in [-0.25, -0.2) is 0 Å². The van der Waals surface area contributed by atoms with E-state index in [2.05, 4.69) is 27.4 Å². The highest BCUT2D eigenvalue weighted by Gasteiger charge is 2.08. The molecule has 1 atom stereocenters. The van der Waals surface area contributed by atoms with Crippen LogP contribution in [0.2, 0.25) is 0 Å². The predicted octanol–water partition coefficient (Wildman–Crippen LogP) is 4.76. The van der Waals surface area contributed by atoms with Crippen molar-refractivity contribution in [3.63, 3.8) is 0 Å². The molecule has 0 saturated carbocycles. The Labute approximate surface area is 101 Å². The quantitative estimate of drug-likeness (QED) is 0.386. The minimum absolute atomic E-state index is 0.430. The Morgan fingerprint density at radius 2 is 1.88 bits per heavy atom. The Morgan fingerprint density at radius 1 is 1.19 bits per heavy atom. The molecule has 0 fully saturated rings. The van der Waals surface area contributed by atoms with E-state index in [1.165, 1.54) is 19.3 Å². The zero-order valence-electron chi connectivity index (χ0n) is 11.3. The van der Waals surface area contributed by atoms with Crippen molar-refractivity contribution in [1.29, 1.82) is 0 Å². The van der Waals surface area contributed by atoms with Crippen molar-refractivity contribution >= 4 is 5.78 Å². The molecule has 0 bridgehead atoms. The van der Waals surface area contributed by atoms with Crippen molar-refractivity contribution in [3.8, 4) is 0 Å². The average Bonchev–Trinajstić information content (AvgIpc) is 2.17. The fourth-order valence-corrected chi connectivity index (χ4v) is 1.91. The first-order valence-electron chi connectivity index (χ1n) is 6.68. The first-order chi connectivity index (χ1) is 7.56. The standard InChI is InChI=1S/C15H28O/c1-5-6-7-11-15(16)12-14(4)10-8-9-13(2)3/h5,13-14H,1,6-12H2,2-4H3. The Hall–Kier alpha value is -0.590. The van der Waals surface area contributed by atoms with Crippen LogP contribution in [0.1, 0.15) is 65.7 Å². The van der Waals surface area contributed by atoms with E-state index in [4.69, 9.17) is 0 Å². The van der Waals surface area contributed by atoms with Crippen LogP contribution >= 0.6 is 0 Å². The van der Waals surface area contributed by atoms with E-state index < -0.39 is 0 Å². The van der Waals surface area contributed by atoms with Crippen LogP contribution in [0.15, 0.2) is 12.7 Å². The van der Waals surface area contributed by atoms with E-state index in [0.717, 1.165) is 31.6 Å². The number of Topliss-reactive ketones (excluding diaryl/α,β-unsaturated/α-hetero) is 1. The predicted molar refractivity (Wildman–Crippen MR) is 71.5 cm³/mol. The summed E-state index contributed by atoms with van der Waals surface area (Å²) in [6.07, 6.45) is 9.09. The summed E-state index contributed by atoms with van der Waals surface area (Å²) in [5, 5.41) is 0. The van der Waals surface area contributed by atoms with E-state index in [1.807, 2.05) is 6.08 Å². The van der Waals surface area contributed by atoms with Gasteiger partial charge in [0.2, 0.25) is 0 Å². The maximum absolute atomic E-state index is 11.6. The molecule has 1 unspecified atom stereocenters. The lowest BCUT2D eigenvalue weighted by Gasteiger charge is -2.11. The maximum atomic E-state index is 11.6. The van der Waals surface area contributed by atoms with Crippen molar-refractivity contribution in [2.24, 2.45) is 11.8 Å². The van der Waals surface area contributed by atoms with Gasteiger partial charge in [-0.3, -0.25) is 4.79 Å². The van der Waals surface area contributed by atoms with Gasteiger partial charge in [0.15, 0.2) is 0 Å². The average molecular weight is 224 g/mol. The van der Waals surface area contributed by atoms with Crippen molar-refractivity contribution in [1.82, 2.24) is 0 Å². The van der Waals surface area contributed by atoms with Crippen LogP contribution in [-0.4, -0.2) is 5.78 Å². The van der Waals surface area contributed by atoms with Crippen molar-refractivity contribution < 1.29 is 4.79 Å². The minimum Gasteiger partial charge on any atom is -0.300 e. The van der Waals surface area contributed by atoms with Gasteiger partial charge in [0.25, 0.3) is 0 Å². The van der Waals surface area contributed by atoms with Gasteiger partial charge in [0.05, 0.1) is 0 Å². The summed E-state index contributed by atoms with van der Waals surface area (Å²) in [5.41, 5.74) is 0. The van der Waals surface area contributed by atoms with Crippen LogP contribution in [0, 0.1) is 11.8 Å². The second-order valence-corrected chi connectivity index (χ2v) is 5.35. The van der Waals surface area contributed by atoms with Crippen LogP contribution in [0.3, 0.4) is 0 Å². The monoisotopic (exact) mass is 224 g/mol. The van der Waals surface area contributed by atoms with Crippen molar-refractivity contribution in [3.05, 3.63) is 12.7 Å². The molecule has 0 heterocycles. The third-order valence-electron chi connectivity index (χ3n) is 2.92. The number of hydrogen-bond donors (Lipinski definition) is 0. The number of carbonyl (C=O) groups is 1. The molecule has 0 N–H and O–H groups in total. The Morgan fingerprint density at radius 3 is 2.44 bits per heavy atom. The molecule has 0 aromatic heterocycles. The molecule has 0 aromatic rings. The minimum atomic E-state index is 0.430. The van der Waals surface area contributed by atoms with E-state index in [1.54, 1.807) is 0 Å². The zero-order valence-corrected chi connectivity index (χ0v) is 11.3. The third-order valence-corrected chi connectivity index (χ3v) is 2.92. The molecule has 1 heteroatoms. The fourth-order valence-electron chi connectivity index (χ4n) is 1.91. The molecule has 0 rings (SSSR count). The molecule has 94 valence electrons. The fraction of sp³-hybridized carbons (Fsp3) is 0.800. The Balaban J connectivity index is 3.49. The lowest BCUT2D eigenvalue weighted by atomic mass is 9.94. The highest BCUT2D eigenvalue weighted by molar-refractivity contribution is 5.78. The lowest BCUT2D eigenvalue weighted by Crippen LogP contribution is -2.05. The SMILES string of the molecule is C=CCCCC(=O)CC(C)CCCC(C)C. The normalized spacial score (nSPS) is 12.8. The van der Waals surface area contributed by atoms with E-state index in [-0.39, 0.29) is 0 Å². The highest BCUT2D eigenvalue weighted by Crippen LogP contribution is 2.16. The first-order valence-corrected chi connectivity index (χ1v) is 6.68. The summed E-state index contributed by atoms with van der Waals surface area (Å²) in [4.78, 5) is 11.6. The molecular formula is C15H28O. The molecule has 0 radical (unpaired) electrons. The number of carbonyl (C=O) groups excluding carboxylic acids is 1. The van der Waals surface area contributed by atoms with Crippen LogP contribution in [0.4, 0.5) is 0 Å². The molecule has 0 aliphatic heterocycles. The van der Waals surface area contributed by atoms with E-state index >= 15 is 0 Å². The maximum Gasteiger partial charge on any atom is 0.133 e. The molecule has 0 spiro atoms. The van der Waals surface area contributed by atoms with Gasteiger partial charge in [-0.15, -0.1) is 6.58 Å². The molecule has 16 heavy (non-hydrogen) atoms. The molecule has 0 aliphatic carbocycles. The summed E-state index contributed by atoms with van der Waals surface area (Å²) < 4.78 is 0. The van der Waals surface area contributed by atoms with Gasteiger partial charge in [-0.05, 0) is 24.7 Å².